The Kier molecular flexibility index (Phi) is 8.35. The molecule has 5 rings (SSSR count). The van der Waals surface area contributed by atoms with Crippen molar-refractivity contribution < 1.29 is 28.2 Å². The predicted molar refractivity (Wildman–Crippen MR) is 155 cm³/mol. The summed E-state index contributed by atoms with van der Waals surface area (Å²) >= 11 is 1.31. The van der Waals surface area contributed by atoms with Crippen molar-refractivity contribution in [3.05, 3.63) is 95.2 Å². The van der Waals surface area contributed by atoms with E-state index in [1.807, 2.05) is 41.9 Å². The molecule has 0 fully saturated rings. The third kappa shape index (κ3) is 6.25. The first-order valence-electron chi connectivity index (χ1n) is 12.6. The molecule has 3 heterocycles. The van der Waals surface area contributed by atoms with Gasteiger partial charge in [0.05, 0.1) is 50.4 Å². The van der Waals surface area contributed by atoms with E-state index in [2.05, 4.69) is 5.32 Å². The van der Waals surface area contributed by atoms with Crippen molar-refractivity contribution in [2.75, 3.05) is 33.2 Å². The van der Waals surface area contributed by atoms with Crippen LogP contribution in [0.15, 0.2) is 89.0 Å². The zero-order chi connectivity index (χ0) is 28.8. The minimum absolute atomic E-state index is 0.137. The lowest BCUT2D eigenvalue weighted by Crippen LogP contribution is -2.37. The molecule has 3 aromatic heterocycles. The molecular formula is C30H28N4O6S. The molecule has 0 aliphatic rings. The van der Waals surface area contributed by atoms with Crippen LogP contribution in [0.1, 0.15) is 15.4 Å². The number of methoxy groups -OCH3 is 3. The Morgan fingerprint density at radius 3 is 2.44 bits per heavy atom. The molecule has 0 saturated heterocycles. The lowest BCUT2D eigenvalue weighted by molar-refractivity contribution is -0.117. The largest absolute Gasteiger partial charge is 0.497 e. The molecule has 11 heteroatoms. The maximum Gasteiger partial charge on any atom is 0.264 e. The fourth-order valence-electron chi connectivity index (χ4n) is 4.22. The molecule has 2 amide bonds. The van der Waals surface area contributed by atoms with E-state index in [0.29, 0.717) is 39.3 Å². The van der Waals surface area contributed by atoms with E-state index >= 15 is 0 Å². The Morgan fingerprint density at radius 2 is 1.78 bits per heavy atom. The molecule has 0 spiro atoms. The van der Waals surface area contributed by atoms with Gasteiger partial charge in [0.25, 0.3) is 5.91 Å². The van der Waals surface area contributed by atoms with Crippen molar-refractivity contribution in [2.24, 2.45) is 0 Å². The quantitative estimate of drug-likeness (QED) is 0.223. The molecule has 1 N–H and O–H groups in total. The maximum absolute atomic E-state index is 13.4. The minimum atomic E-state index is -0.421. The standard InChI is InChI=1S/C30H28N4O6S/c1-37-22-11-8-20(9-12-22)24-18-34(21-10-13-25(38-2)26(16-21)39-3)30(31-24)32-28(35)19-33(17-23-6-4-14-40-23)29(36)27-7-5-15-41-27/h4-16,18H,17,19H2,1-3H3,(H,31,32,35). The number of carbonyl (C=O) groups excluding carboxylic acids is 2. The second kappa shape index (κ2) is 12.4. The average Bonchev–Trinajstić information content (AvgIpc) is 3.79. The molecule has 2 aromatic carbocycles. The summed E-state index contributed by atoms with van der Waals surface area (Å²) in [6, 6.07) is 19.9. The molecule has 0 bridgehead atoms. The molecule has 41 heavy (non-hydrogen) atoms. The molecule has 0 saturated carbocycles. The highest BCUT2D eigenvalue weighted by molar-refractivity contribution is 7.12. The third-order valence-corrected chi connectivity index (χ3v) is 7.13. The summed E-state index contributed by atoms with van der Waals surface area (Å²) in [6.07, 6.45) is 3.35. The number of nitrogens with zero attached hydrogens (tertiary/aromatic N) is 3. The van der Waals surface area contributed by atoms with Gasteiger partial charge >= 0.3 is 0 Å². The monoisotopic (exact) mass is 572 g/mol. The molecule has 0 unspecified atom stereocenters. The van der Waals surface area contributed by atoms with Crippen molar-refractivity contribution in [3.8, 4) is 34.2 Å². The first-order valence-corrected chi connectivity index (χ1v) is 13.5. The molecule has 0 atom stereocenters. The topological polar surface area (TPSA) is 108 Å². The number of hydrogen-bond donors (Lipinski definition) is 1. The summed E-state index contributed by atoms with van der Waals surface area (Å²) in [5.74, 6) is 1.95. The van der Waals surface area contributed by atoms with Gasteiger partial charge in [-0.1, -0.05) is 6.07 Å². The number of thiophene rings is 1. The molecule has 0 aliphatic carbocycles. The number of carbonyl (C=O) groups is 2. The van der Waals surface area contributed by atoms with E-state index in [0.717, 1.165) is 5.56 Å². The van der Waals surface area contributed by atoms with E-state index in [9.17, 15) is 9.59 Å². The highest BCUT2D eigenvalue weighted by atomic mass is 32.1. The molecule has 0 radical (unpaired) electrons. The Bertz CT molecular complexity index is 1610. The lowest BCUT2D eigenvalue weighted by atomic mass is 10.1. The van der Waals surface area contributed by atoms with Crippen LogP contribution in [-0.4, -0.2) is 54.1 Å². The lowest BCUT2D eigenvalue weighted by Gasteiger charge is -2.20. The van der Waals surface area contributed by atoms with Crippen molar-refractivity contribution >= 4 is 29.1 Å². The average molecular weight is 573 g/mol. The van der Waals surface area contributed by atoms with Crippen LogP contribution in [0.3, 0.4) is 0 Å². The van der Waals surface area contributed by atoms with Crippen LogP contribution >= 0.6 is 11.3 Å². The normalized spacial score (nSPS) is 10.7. The summed E-state index contributed by atoms with van der Waals surface area (Å²) in [6.45, 7) is -0.0769. The minimum Gasteiger partial charge on any atom is -0.497 e. The van der Waals surface area contributed by atoms with Gasteiger partial charge in [-0.2, -0.15) is 0 Å². The maximum atomic E-state index is 13.4. The van der Waals surface area contributed by atoms with Gasteiger partial charge in [0, 0.05) is 17.8 Å². The van der Waals surface area contributed by atoms with Gasteiger partial charge in [-0.15, -0.1) is 11.3 Å². The van der Waals surface area contributed by atoms with Crippen LogP contribution in [0.2, 0.25) is 0 Å². The van der Waals surface area contributed by atoms with Crippen LogP contribution in [-0.2, 0) is 11.3 Å². The summed E-state index contributed by atoms with van der Waals surface area (Å²) in [4.78, 5) is 33.3. The Labute approximate surface area is 240 Å². The van der Waals surface area contributed by atoms with Crippen LogP contribution in [0.4, 0.5) is 5.95 Å². The number of anilines is 1. The van der Waals surface area contributed by atoms with Crippen molar-refractivity contribution in [1.29, 1.82) is 0 Å². The Morgan fingerprint density at radius 1 is 0.976 bits per heavy atom. The smallest absolute Gasteiger partial charge is 0.264 e. The van der Waals surface area contributed by atoms with Gasteiger partial charge in [-0.25, -0.2) is 4.98 Å². The van der Waals surface area contributed by atoms with Gasteiger partial charge in [0.2, 0.25) is 11.9 Å². The van der Waals surface area contributed by atoms with Gasteiger partial charge in [-0.05, 0) is 60.0 Å². The third-order valence-electron chi connectivity index (χ3n) is 6.27. The second-order valence-corrected chi connectivity index (χ2v) is 9.80. The Balaban J connectivity index is 1.46. The molecule has 5 aromatic rings. The van der Waals surface area contributed by atoms with E-state index < -0.39 is 5.91 Å². The van der Waals surface area contributed by atoms with E-state index in [1.54, 1.807) is 62.3 Å². The number of rotatable bonds is 11. The van der Waals surface area contributed by atoms with Gasteiger partial charge < -0.3 is 23.5 Å². The highest BCUT2D eigenvalue weighted by Gasteiger charge is 2.23. The Hall–Kier alpha value is -5.03. The SMILES string of the molecule is COc1ccc(-c2cn(-c3ccc(OC)c(OC)c3)c(NC(=O)CN(Cc3ccco3)C(=O)c3cccs3)n2)cc1. The first-order chi connectivity index (χ1) is 20.0. The number of imidazole rings is 1. The van der Waals surface area contributed by atoms with Crippen molar-refractivity contribution in [2.45, 2.75) is 6.54 Å². The highest BCUT2D eigenvalue weighted by Crippen LogP contribution is 2.32. The first kappa shape index (κ1) is 27.5. The van der Waals surface area contributed by atoms with Crippen molar-refractivity contribution in [3.63, 3.8) is 0 Å². The number of furan rings is 1. The number of hydrogen-bond acceptors (Lipinski definition) is 8. The number of amides is 2. The van der Waals surface area contributed by atoms with Gasteiger partial charge in [-0.3, -0.25) is 19.5 Å². The van der Waals surface area contributed by atoms with E-state index in [4.69, 9.17) is 23.6 Å². The van der Waals surface area contributed by atoms with Crippen LogP contribution < -0.4 is 19.5 Å². The molecule has 210 valence electrons. The number of aromatic nitrogens is 2. The number of ether oxygens (including phenoxy) is 3. The van der Waals surface area contributed by atoms with E-state index in [-0.39, 0.29) is 24.9 Å². The molecular weight excluding hydrogens is 544 g/mol. The van der Waals surface area contributed by atoms with Crippen LogP contribution in [0.5, 0.6) is 17.2 Å². The summed E-state index contributed by atoms with van der Waals surface area (Å²) in [7, 11) is 4.72. The zero-order valence-corrected chi connectivity index (χ0v) is 23.5. The van der Waals surface area contributed by atoms with Gasteiger partial charge in [0.1, 0.15) is 18.1 Å². The zero-order valence-electron chi connectivity index (χ0n) is 22.7. The van der Waals surface area contributed by atoms with E-state index in [1.165, 1.54) is 22.5 Å². The van der Waals surface area contributed by atoms with Gasteiger partial charge in [0.15, 0.2) is 11.5 Å². The molecule has 10 nitrogen and oxygen atoms in total. The second-order valence-electron chi connectivity index (χ2n) is 8.85. The summed E-state index contributed by atoms with van der Waals surface area (Å²) < 4.78 is 23.3. The summed E-state index contributed by atoms with van der Waals surface area (Å²) in [5.41, 5.74) is 2.14. The number of nitrogens with one attached hydrogen (secondary N) is 1. The van der Waals surface area contributed by atoms with Crippen LogP contribution in [0.25, 0.3) is 16.9 Å². The fraction of sp³-hybridized carbons (Fsp3) is 0.167. The summed E-state index contributed by atoms with van der Waals surface area (Å²) in [5, 5.41) is 4.71. The van der Waals surface area contributed by atoms with Crippen molar-refractivity contribution in [1.82, 2.24) is 14.5 Å². The predicted octanol–water partition coefficient (Wildman–Crippen LogP) is 5.50. The number of benzene rings is 2. The fourth-order valence-corrected chi connectivity index (χ4v) is 4.92. The molecule has 0 aliphatic heterocycles. The van der Waals surface area contributed by atoms with Crippen LogP contribution in [0, 0.1) is 0 Å².